The molecular weight excluding hydrogens is 370 g/mol. The van der Waals surface area contributed by atoms with Crippen molar-refractivity contribution in [2.75, 3.05) is 65.9 Å². The number of methoxy groups -OCH3 is 1. The van der Waals surface area contributed by atoms with Crippen molar-refractivity contribution in [1.82, 2.24) is 14.7 Å². The molecule has 28 heavy (non-hydrogen) atoms. The highest BCUT2D eigenvalue weighted by atomic mass is 32.2. The molecule has 1 aliphatic heterocycles. The second kappa shape index (κ2) is 12.3. The van der Waals surface area contributed by atoms with Crippen LogP contribution in [0.4, 0.5) is 0 Å². The molecule has 1 amide bonds. The van der Waals surface area contributed by atoms with Crippen molar-refractivity contribution < 1.29 is 9.53 Å². The molecule has 6 heteroatoms. The number of likely N-dealkylation sites (N-methyl/N-ethyl adjacent to an activating group) is 1. The molecule has 5 nitrogen and oxygen atoms in total. The second-order valence-corrected chi connectivity index (χ2v) is 8.93. The van der Waals surface area contributed by atoms with Crippen molar-refractivity contribution in [3.63, 3.8) is 0 Å². The van der Waals surface area contributed by atoms with Crippen LogP contribution in [-0.4, -0.2) is 86.5 Å². The second-order valence-electron chi connectivity index (χ2n) is 7.94. The van der Waals surface area contributed by atoms with E-state index in [0.29, 0.717) is 18.2 Å². The van der Waals surface area contributed by atoms with E-state index in [1.807, 2.05) is 12.1 Å². The number of thioether (sulfide) groups is 1. The molecule has 1 atom stereocenters. The van der Waals surface area contributed by atoms with E-state index in [4.69, 9.17) is 4.74 Å². The van der Waals surface area contributed by atoms with Gasteiger partial charge in [-0.1, -0.05) is 18.2 Å². The van der Waals surface area contributed by atoms with Crippen LogP contribution in [0.25, 0.3) is 0 Å². The third-order valence-corrected chi connectivity index (χ3v) is 5.97. The average molecular weight is 408 g/mol. The number of ether oxygens (including phenoxy) is 1. The Balaban J connectivity index is 1.95. The van der Waals surface area contributed by atoms with E-state index >= 15 is 0 Å². The van der Waals surface area contributed by atoms with Crippen molar-refractivity contribution in [2.45, 2.75) is 25.8 Å². The van der Waals surface area contributed by atoms with Crippen molar-refractivity contribution in [3.05, 3.63) is 29.8 Å². The van der Waals surface area contributed by atoms with Crippen molar-refractivity contribution in [3.8, 4) is 5.75 Å². The molecule has 1 aromatic rings. The Hall–Kier alpha value is -1.24. The summed E-state index contributed by atoms with van der Waals surface area (Å²) >= 11 is 1.74. The Morgan fingerprint density at radius 2 is 2.07 bits per heavy atom. The van der Waals surface area contributed by atoms with Crippen LogP contribution < -0.4 is 4.74 Å². The minimum absolute atomic E-state index is 0.304. The number of rotatable bonds is 11. The van der Waals surface area contributed by atoms with Gasteiger partial charge in [-0.3, -0.25) is 9.69 Å². The van der Waals surface area contributed by atoms with Gasteiger partial charge in [0.15, 0.2) is 0 Å². The molecule has 0 radical (unpaired) electrons. The average Bonchev–Trinajstić information content (AvgIpc) is 2.69. The summed E-state index contributed by atoms with van der Waals surface area (Å²) in [6.45, 7) is 5.70. The van der Waals surface area contributed by atoms with Gasteiger partial charge in [-0.15, -0.1) is 0 Å². The summed E-state index contributed by atoms with van der Waals surface area (Å²) in [5, 5.41) is 0. The zero-order chi connectivity index (χ0) is 20.4. The van der Waals surface area contributed by atoms with Gasteiger partial charge in [-0.2, -0.15) is 11.8 Å². The van der Waals surface area contributed by atoms with E-state index in [0.717, 1.165) is 50.8 Å². The Morgan fingerprint density at radius 1 is 1.29 bits per heavy atom. The fraction of sp³-hybridized carbons (Fsp3) is 0.682. The SMILES string of the molecule is COc1ccccc1CN1CCC[C@@H](CN(CCN(C)C)C(=O)CCSC)C1. The molecule has 0 N–H and O–H groups in total. The van der Waals surface area contributed by atoms with Gasteiger partial charge < -0.3 is 14.5 Å². The van der Waals surface area contributed by atoms with Gasteiger partial charge in [-0.25, -0.2) is 0 Å². The smallest absolute Gasteiger partial charge is 0.223 e. The summed E-state index contributed by atoms with van der Waals surface area (Å²) in [4.78, 5) is 19.5. The van der Waals surface area contributed by atoms with E-state index in [2.05, 4.69) is 47.2 Å². The van der Waals surface area contributed by atoms with E-state index in [1.165, 1.54) is 18.4 Å². The molecule has 0 saturated carbocycles. The first-order valence-corrected chi connectivity index (χ1v) is 11.7. The molecule has 0 bridgehead atoms. The Bertz CT molecular complexity index is 597. The number of nitrogens with zero attached hydrogens (tertiary/aromatic N) is 3. The van der Waals surface area contributed by atoms with Gasteiger partial charge in [0.1, 0.15) is 5.75 Å². The Kier molecular flexibility index (Phi) is 10.2. The van der Waals surface area contributed by atoms with Crippen molar-refractivity contribution in [1.29, 1.82) is 0 Å². The first kappa shape index (κ1) is 23.0. The van der Waals surface area contributed by atoms with Crippen molar-refractivity contribution in [2.24, 2.45) is 5.92 Å². The number of hydrogen-bond donors (Lipinski definition) is 0. The van der Waals surface area contributed by atoms with E-state index in [1.54, 1.807) is 18.9 Å². The number of para-hydroxylation sites is 1. The Labute approximate surface area is 175 Å². The number of likely N-dealkylation sites (tertiary alicyclic amines) is 1. The lowest BCUT2D eigenvalue weighted by Gasteiger charge is -2.36. The number of piperidine rings is 1. The standard InChI is InChI=1S/C22H37N3O2S/c1-23(2)13-14-25(22(26)11-15-28-4)17-19-8-7-12-24(16-19)18-20-9-5-6-10-21(20)27-3/h5-6,9-10,19H,7-8,11-18H2,1-4H3/t19-/m1/s1. The van der Waals surface area contributed by atoms with Crippen LogP contribution >= 0.6 is 11.8 Å². The van der Waals surface area contributed by atoms with Gasteiger partial charge in [0.2, 0.25) is 5.91 Å². The quantitative estimate of drug-likeness (QED) is 0.563. The number of amides is 1. The number of carbonyl (C=O) groups excluding carboxylic acids is 1. The zero-order valence-electron chi connectivity index (χ0n) is 18.0. The van der Waals surface area contributed by atoms with E-state index in [9.17, 15) is 4.79 Å². The highest BCUT2D eigenvalue weighted by Gasteiger charge is 2.24. The fourth-order valence-corrected chi connectivity index (χ4v) is 4.19. The van der Waals surface area contributed by atoms with E-state index in [-0.39, 0.29) is 0 Å². The van der Waals surface area contributed by atoms with Crippen LogP contribution in [0.2, 0.25) is 0 Å². The van der Waals surface area contributed by atoms with Gasteiger partial charge in [0.05, 0.1) is 7.11 Å². The summed E-state index contributed by atoms with van der Waals surface area (Å²) in [5.41, 5.74) is 1.24. The highest BCUT2D eigenvalue weighted by Crippen LogP contribution is 2.24. The monoisotopic (exact) mass is 407 g/mol. The van der Waals surface area contributed by atoms with Gasteiger partial charge >= 0.3 is 0 Å². The molecule has 0 aromatic heterocycles. The maximum absolute atomic E-state index is 12.7. The topological polar surface area (TPSA) is 36.0 Å². The lowest BCUT2D eigenvalue weighted by atomic mass is 9.96. The molecular formula is C22H37N3O2S. The molecule has 1 heterocycles. The lowest BCUT2D eigenvalue weighted by molar-refractivity contribution is -0.131. The summed E-state index contributed by atoms with van der Waals surface area (Å²) < 4.78 is 5.52. The minimum atomic E-state index is 0.304. The lowest BCUT2D eigenvalue weighted by Crippen LogP contribution is -2.44. The first-order valence-electron chi connectivity index (χ1n) is 10.3. The highest BCUT2D eigenvalue weighted by molar-refractivity contribution is 7.98. The third-order valence-electron chi connectivity index (χ3n) is 5.36. The summed E-state index contributed by atoms with van der Waals surface area (Å²) in [5.74, 6) is 2.72. The summed E-state index contributed by atoms with van der Waals surface area (Å²) in [6.07, 6.45) is 5.11. The summed E-state index contributed by atoms with van der Waals surface area (Å²) in [7, 11) is 5.88. The third kappa shape index (κ3) is 7.64. The predicted molar refractivity (Wildman–Crippen MR) is 119 cm³/mol. The minimum Gasteiger partial charge on any atom is -0.496 e. The van der Waals surface area contributed by atoms with Crippen LogP contribution in [0.1, 0.15) is 24.8 Å². The molecule has 1 fully saturated rings. The van der Waals surface area contributed by atoms with Crippen LogP contribution in [0, 0.1) is 5.92 Å². The van der Waals surface area contributed by atoms with Gasteiger partial charge in [-0.05, 0) is 51.7 Å². The molecule has 0 aliphatic carbocycles. The fourth-order valence-electron chi connectivity index (χ4n) is 3.82. The predicted octanol–water partition coefficient (Wildman–Crippen LogP) is 3.05. The Morgan fingerprint density at radius 3 is 2.79 bits per heavy atom. The molecule has 1 saturated heterocycles. The summed E-state index contributed by atoms with van der Waals surface area (Å²) in [6, 6.07) is 8.28. The molecule has 1 aliphatic rings. The van der Waals surface area contributed by atoms with Crippen LogP contribution in [0.3, 0.4) is 0 Å². The number of carbonyl (C=O) groups is 1. The maximum Gasteiger partial charge on any atom is 0.223 e. The van der Waals surface area contributed by atoms with Crippen molar-refractivity contribution >= 4 is 17.7 Å². The molecule has 0 spiro atoms. The van der Waals surface area contributed by atoms with E-state index < -0.39 is 0 Å². The normalized spacial score (nSPS) is 17.7. The molecule has 0 unspecified atom stereocenters. The number of hydrogen-bond acceptors (Lipinski definition) is 5. The largest absolute Gasteiger partial charge is 0.496 e. The first-order chi connectivity index (χ1) is 13.5. The van der Waals surface area contributed by atoms with Crippen LogP contribution in [0.5, 0.6) is 5.75 Å². The zero-order valence-corrected chi connectivity index (χ0v) is 18.8. The molecule has 1 aromatic carbocycles. The maximum atomic E-state index is 12.7. The molecule has 158 valence electrons. The molecule has 2 rings (SSSR count). The van der Waals surface area contributed by atoms with Crippen LogP contribution in [0.15, 0.2) is 24.3 Å². The van der Waals surface area contributed by atoms with Gasteiger partial charge in [0.25, 0.3) is 0 Å². The van der Waals surface area contributed by atoms with Gasteiger partial charge in [0, 0.05) is 50.5 Å². The number of benzene rings is 1. The van der Waals surface area contributed by atoms with Crippen LogP contribution in [-0.2, 0) is 11.3 Å².